The number of aromatic nitrogens is 2. The summed E-state index contributed by atoms with van der Waals surface area (Å²) in [5.74, 6) is 0.506. The van der Waals surface area contributed by atoms with E-state index < -0.39 is 0 Å². The molecule has 0 saturated heterocycles. The standard InChI is InChI=1S/C25H30N6O2/c1-15(2)14-31-16(3)30-23(18-7-5-9-20(26)11-18)21(25(31)33)12-22(32)29-13-17-6-4-8-19(10-17)24(27)28/h4-11,15H,12-14,26H2,1-3H3,(H3,27,28)(H,29,32). The molecule has 0 radical (unpaired) electrons. The van der Waals surface area contributed by atoms with Crippen LogP contribution in [0.5, 0.6) is 0 Å². The van der Waals surface area contributed by atoms with Crippen LogP contribution in [-0.2, 0) is 24.3 Å². The van der Waals surface area contributed by atoms with Crippen LogP contribution < -0.4 is 22.3 Å². The lowest BCUT2D eigenvalue weighted by molar-refractivity contribution is -0.120. The maximum Gasteiger partial charge on any atom is 0.257 e. The van der Waals surface area contributed by atoms with Gasteiger partial charge in [-0.1, -0.05) is 44.2 Å². The second-order valence-electron chi connectivity index (χ2n) is 8.49. The largest absolute Gasteiger partial charge is 0.399 e. The molecular weight excluding hydrogens is 416 g/mol. The SMILES string of the molecule is Cc1nc(-c2cccc(N)c2)c(CC(=O)NCc2cccc(C(=N)N)c2)c(=O)n1CC(C)C. The van der Waals surface area contributed by atoms with E-state index in [1.54, 1.807) is 47.9 Å². The number of nitrogen functional groups attached to an aromatic ring is 2. The molecule has 0 saturated carbocycles. The number of carbonyl (C=O) groups is 1. The molecule has 1 aromatic heterocycles. The lowest BCUT2D eigenvalue weighted by Gasteiger charge is -2.17. The van der Waals surface area contributed by atoms with Crippen LogP contribution in [0, 0.1) is 18.3 Å². The predicted octanol–water partition coefficient (Wildman–Crippen LogP) is 2.60. The molecular formula is C25H30N6O2. The molecule has 0 spiro atoms. The van der Waals surface area contributed by atoms with Crippen LogP contribution in [0.3, 0.4) is 0 Å². The van der Waals surface area contributed by atoms with E-state index in [2.05, 4.69) is 5.32 Å². The van der Waals surface area contributed by atoms with E-state index in [4.69, 9.17) is 21.9 Å². The summed E-state index contributed by atoms with van der Waals surface area (Å²) in [4.78, 5) is 30.9. The number of nitrogens with zero attached hydrogens (tertiary/aromatic N) is 2. The van der Waals surface area contributed by atoms with Crippen molar-refractivity contribution in [3.63, 3.8) is 0 Å². The van der Waals surface area contributed by atoms with Gasteiger partial charge in [-0.05, 0) is 36.6 Å². The summed E-state index contributed by atoms with van der Waals surface area (Å²) in [5, 5.41) is 10.4. The van der Waals surface area contributed by atoms with Gasteiger partial charge in [0.05, 0.1) is 17.7 Å². The lowest BCUT2D eigenvalue weighted by atomic mass is 10.0. The van der Waals surface area contributed by atoms with Gasteiger partial charge in [0.25, 0.3) is 5.56 Å². The monoisotopic (exact) mass is 446 g/mol. The summed E-state index contributed by atoms with van der Waals surface area (Å²) in [6.07, 6.45) is -0.110. The highest BCUT2D eigenvalue weighted by Crippen LogP contribution is 2.23. The van der Waals surface area contributed by atoms with Crippen molar-refractivity contribution in [3.8, 4) is 11.3 Å². The molecule has 172 valence electrons. The van der Waals surface area contributed by atoms with Gasteiger partial charge in [0, 0.05) is 29.9 Å². The molecule has 0 aliphatic heterocycles. The molecule has 6 N–H and O–H groups in total. The minimum atomic E-state index is -0.299. The van der Waals surface area contributed by atoms with Crippen molar-refractivity contribution in [2.75, 3.05) is 5.73 Å². The maximum atomic E-state index is 13.4. The number of rotatable bonds is 8. The number of hydrogen-bond acceptors (Lipinski definition) is 5. The van der Waals surface area contributed by atoms with E-state index in [1.165, 1.54) is 0 Å². The molecule has 8 heteroatoms. The zero-order valence-electron chi connectivity index (χ0n) is 19.2. The van der Waals surface area contributed by atoms with Gasteiger partial charge < -0.3 is 16.8 Å². The number of hydrogen-bond donors (Lipinski definition) is 4. The Morgan fingerprint density at radius 2 is 1.91 bits per heavy atom. The first-order valence-electron chi connectivity index (χ1n) is 10.8. The normalized spacial score (nSPS) is 10.9. The third kappa shape index (κ3) is 5.85. The summed E-state index contributed by atoms with van der Waals surface area (Å²) >= 11 is 0. The Kier molecular flexibility index (Phi) is 7.27. The lowest BCUT2D eigenvalue weighted by Crippen LogP contribution is -2.33. The predicted molar refractivity (Wildman–Crippen MR) is 131 cm³/mol. The molecule has 0 fully saturated rings. The fourth-order valence-corrected chi connectivity index (χ4v) is 3.64. The number of carbonyl (C=O) groups excluding carboxylic acids is 1. The summed E-state index contributed by atoms with van der Waals surface area (Å²) in [6.45, 7) is 6.62. The zero-order chi connectivity index (χ0) is 24.1. The number of anilines is 1. The minimum Gasteiger partial charge on any atom is -0.399 e. The van der Waals surface area contributed by atoms with Gasteiger partial charge >= 0.3 is 0 Å². The van der Waals surface area contributed by atoms with Gasteiger partial charge in [0.1, 0.15) is 11.7 Å². The molecule has 1 heterocycles. The van der Waals surface area contributed by atoms with Crippen LogP contribution >= 0.6 is 0 Å². The molecule has 3 aromatic rings. The molecule has 1 amide bonds. The third-order valence-corrected chi connectivity index (χ3v) is 5.23. The Bertz CT molecular complexity index is 1250. The second-order valence-corrected chi connectivity index (χ2v) is 8.49. The molecule has 0 bridgehead atoms. The van der Waals surface area contributed by atoms with Crippen molar-refractivity contribution >= 4 is 17.4 Å². The van der Waals surface area contributed by atoms with E-state index in [1.807, 2.05) is 26.0 Å². The Labute approximate surface area is 193 Å². The molecule has 0 atom stereocenters. The second kappa shape index (κ2) is 10.1. The Balaban J connectivity index is 1.92. The van der Waals surface area contributed by atoms with E-state index in [0.29, 0.717) is 40.4 Å². The molecule has 33 heavy (non-hydrogen) atoms. The highest BCUT2D eigenvalue weighted by atomic mass is 16.2. The molecule has 3 rings (SSSR count). The van der Waals surface area contributed by atoms with Crippen LogP contribution in [0.4, 0.5) is 5.69 Å². The maximum absolute atomic E-state index is 13.4. The number of amides is 1. The highest BCUT2D eigenvalue weighted by molar-refractivity contribution is 5.95. The highest BCUT2D eigenvalue weighted by Gasteiger charge is 2.19. The average molecular weight is 447 g/mol. The van der Waals surface area contributed by atoms with Crippen molar-refractivity contribution in [1.29, 1.82) is 5.41 Å². The Morgan fingerprint density at radius 1 is 1.18 bits per heavy atom. The fraction of sp³-hybridized carbons (Fsp3) is 0.280. The average Bonchev–Trinajstić information content (AvgIpc) is 2.77. The summed E-state index contributed by atoms with van der Waals surface area (Å²) in [5.41, 5.74) is 14.7. The number of aryl methyl sites for hydroxylation is 1. The fourth-order valence-electron chi connectivity index (χ4n) is 3.64. The van der Waals surface area contributed by atoms with Crippen LogP contribution in [0.1, 0.15) is 36.4 Å². The Morgan fingerprint density at radius 3 is 2.58 bits per heavy atom. The first kappa shape index (κ1) is 23.7. The number of nitrogens with one attached hydrogen (secondary N) is 2. The quantitative estimate of drug-likeness (QED) is 0.239. The first-order chi connectivity index (χ1) is 15.7. The van der Waals surface area contributed by atoms with Gasteiger partial charge in [-0.2, -0.15) is 0 Å². The van der Waals surface area contributed by atoms with Gasteiger partial charge in [0.2, 0.25) is 5.91 Å². The number of amidine groups is 1. The summed E-state index contributed by atoms with van der Waals surface area (Å²) in [6, 6.07) is 14.3. The minimum absolute atomic E-state index is 0.0358. The molecule has 0 aliphatic rings. The van der Waals surface area contributed by atoms with Crippen LogP contribution in [0.25, 0.3) is 11.3 Å². The van der Waals surface area contributed by atoms with Crippen molar-refractivity contribution in [2.45, 2.75) is 40.3 Å². The smallest absolute Gasteiger partial charge is 0.257 e. The van der Waals surface area contributed by atoms with Crippen molar-refractivity contribution < 1.29 is 4.79 Å². The molecule has 0 aliphatic carbocycles. The topological polar surface area (TPSA) is 140 Å². The van der Waals surface area contributed by atoms with E-state index >= 15 is 0 Å². The Hall–Kier alpha value is -3.94. The van der Waals surface area contributed by atoms with E-state index in [0.717, 1.165) is 5.56 Å². The van der Waals surface area contributed by atoms with Gasteiger partial charge in [-0.25, -0.2) is 4.98 Å². The van der Waals surface area contributed by atoms with Crippen LogP contribution in [0.2, 0.25) is 0 Å². The van der Waals surface area contributed by atoms with Crippen LogP contribution in [-0.4, -0.2) is 21.3 Å². The van der Waals surface area contributed by atoms with Crippen molar-refractivity contribution in [2.24, 2.45) is 11.7 Å². The number of nitrogens with two attached hydrogens (primary N) is 2. The summed E-state index contributed by atoms with van der Waals surface area (Å²) < 4.78 is 1.62. The van der Waals surface area contributed by atoms with Crippen molar-refractivity contribution in [1.82, 2.24) is 14.9 Å². The van der Waals surface area contributed by atoms with Crippen molar-refractivity contribution in [3.05, 3.63) is 81.4 Å². The van der Waals surface area contributed by atoms with Gasteiger partial charge in [-0.15, -0.1) is 0 Å². The molecule has 2 aromatic carbocycles. The molecule has 8 nitrogen and oxygen atoms in total. The van der Waals surface area contributed by atoms with Gasteiger partial charge in [0.15, 0.2) is 0 Å². The number of benzene rings is 2. The first-order valence-corrected chi connectivity index (χ1v) is 10.8. The molecule has 0 unspecified atom stereocenters. The summed E-state index contributed by atoms with van der Waals surface area (Å²) in [7, 11) is 0. The van der Waals surface area contributed by atoms with E-state index in [-0.39, 0.29) is 36.2 Å². The van der Waals surface area contributed by atoms with Crippen LogP contribution in [0.15, 0.2) is 53.3 Å². The van der Waals surface area contributed by atoms with Gasteiger partial charge in [-0.3, -0.25) is 19.6 Å². The zero-order valence-corrected chi connectivity index (χ0v) is 19.2. The third-order valence-electron chi connectivity index (χ3n) is 5.23. The van der Waals surface area contributed by atoms with E-state index in [9.17, 15) is 9.59 Å².